The van der Waals surface area contributed by atoms with Gasteiger partial charge in [0.2, 0.25) is 0 Å². The van der Waals surface area contributed by atoms with Gasteiger partial charge in [0.15, 0.2) is 17.3 Å². The Balaban J connectivity index is 1.78. The van der Waals surface area contributed by atoms with Crippen LogP contribution in [0.1, 0.15) is 25.0 Å². The van der Waals surface area contributed by atoms with Crippen molar-refractivity contribution >= 4 is 40.6 Å². The third-order valence-corrected chi connectivity index (χ3v) is 5.12. The molecule has 158 valence electrons. The molecule has 8 heteroatoms. The Morgan fingerprint density at radius 2 is 1.63 bits per heavy atom. The third kappa shape index (κ3) is 4.40. The molecule has 2 amide bonds. The second kappa shape index (κ2) is 9.41. The van der Waals surface area contributed by atoms with Gasteiger partial charge in [-0.05, 0) is 50.1 Å². The second-order valence-electron chi connectivity index (χ2n) is 6.51. The number of imide groups is 1. The lowest BCUT2D eigenvalue weighted by Crippen LogP contribution is -2.33. The summed E-state index contributed by atoms with van der Waals surface area (Å²) < 4.78 is 11.2. The van der Waals surface area contributed by atoms with Crippen molar-refractivity contribution in [3.05, 3.63) is 63.3 Å². The van der Waals surface area contributed by atoms with E-state index in [1.54, 1.807) is 12.1 Å². The van der Waals surface area contributed by atoms with Gasteiger partial charge in [-0.2, -0.15) is 0 Å². The monoisotopic (exact) mass is 449 g/mol. The largest absolute Gasteiger partial charge is 0.502 e. The summed E-state index contributed by atoms with van der Waals surface area (Å²) in [5.41, 5.74) is 1.00. The number of aliphatic hydroxyl groups is 1. The highest BCUT2D eigenvalue weighted by Gasteiger charge is 2.39. The Kier molecular flexibility index (Phi) is 6.90. The first-order valence-electron chi connectivity index (χ1n) is 9.50. The van der Waals surface area contributed by atoms with E-state index in [0.29, 0.717) is 36.2 Å². The Morgan fingerprint density at radius 1 is 0.933 bits per heavy atom. The summed E-state index contributed by atoms with van der Waals surface area (Å²) >= 11 is 12.1. The zero-order chi connectivity index (χ0) is 21.8. The van der Waals surface area contributed by atoms with Crippen molar-refractivity contribution in [2.24, 2.45) is 0 Å². The molecule has 0 radical (unpaired) electrons. The van der Waals surface area contributed by atoms with Crippen LogP contribution in [-0.2, 0) is 16.0 Å². The number of carbonyl (C=O) groups is 2. The van der Waals surface area contributed by atoms with Gasteiger partial charge in [0.05, 0.1) is 23.8 Å². The Labute approximate surface area is 184 Å². The Bertz CT molecular complexity index is 1020. The van der Waals surface area contributed by atoms with Crippen LogP contribution in [0, 0.1) is 0 Å². The Morgan fingerprint density at radius 3 is 2.30 bits per heavy atom. The lowest BCUT2D eigenvalue weighted by molar-refractivity contribution is -0.138. The van der Waals surface area contributed by atoms with E-state index in [1.165, 1.54) is 12.1 Å². The molecule has 1 aliphatic heterocycles. The molecule has 1 N–H and O–H groups in total. The molecule has 0 saturated heterocycles. The molecule has 6 nitrogen and oxygen atoms in total. The van der Waals surface area contributed by atoms with E-state index < -0.39 is 17.6 Å². The molecule has 0 aromatic heterocycles. The van der Waals surface area contributed by atoms with Crippen LogP contribution in [0.4, 0.5) is 0 Å². The van der Waals surface area contributed by atoms with E-state index >= 15 is 0 Å². The van der Waals surface area contributed by atoms with Crippen LogP contribution in [0.5, 0.6) is 11.5 Å². The predicted molar refractivity (Wildman–Crippen MR) is 115 cm³/mol. The first-order chi connectivity index (χ1) is 14.4. The number of halogens is 2. The van der Waals surface area contributed by atoms with E-state index in [2.05, 4.69) is 0 Å². The number of nitrogens with zero attached hydrogens (tertiary/aromatic N) is 1. The minimum atomic E-state index is -0.753. The molecule has 0 atom stereocenters. The summed E-state index contributed by atoms with van der Waals surface area (Å²) in [5, 5.41) is 10.9. The minimum Gasteiger partial charge on any atom is -0.502 e. The van der Waals surface area contributed by atoms with Crippen LogP contribution in [0.15, 0.2) is 42.2 Å². The molecule has 3 rings (SSSR count). The van der Waals surface area contributed by atoms with Crippen molar-refractivity contribution in [1.82, 2.24) is 4.90 Å². The minimum absolute atomic E-state index is 0.0932. The van der Waals surface area contributed by atoms with Crippen LogP contribution in [0.3, 0.4) is 0 Å². The smallest absolute Gasteiger partial charge is 0.296 e. The van der Waals surface area contributed by atoms with Gasteiger partial charge in [-0.3, -0.25) is 14.5 Å². The number of hydrogen-bond donors (Lipinski definition) is 1. The van der Waals surface area contributed by atoms with Gasteiger partial charge in [0.1, 0.15) is 0 Å². The highest BCUT2D eigenvalue weighted by atomic mass is 35.5. The van der Waals surface area contributed by atoms with E-state index in [4.69, 9.17) is 32.7 Å². The molecule has 0 unspecified atom stereocenters. The summed E-state index contributed by atoms with van der Waals surface area (Å²) in [4.78, 5) is 26.3. The molecule has 2 aromatic carbocycles. The van der Waals surface area contributed by atoms with Gasteiger partial charge < -0.3 is 14.6 Å². The van der Waals surface area contributed by atoms with Crippen LogP contribution < -0.4 is 9.47 Å². The van der Waals surface area contributed by atoms with Crippen molar-refractivity contribution in [3.63, 3.8) is 0 Å². The van der Waals surface area contributed by atoms with E-state index in [1.807, 2.05) is 26.0 Å². The molecule has 0 aliphatic carbocycles. The highest BCUT2D eigenvalue weighted by Crippen LogP contribution is 2.34. The maximum absolute atomic E-state index is 12.8. The number of rotatable bonds is 8. The van der Waals surface area contributed by atoms with Crippen LogP contribution >= 0.6 is 23.2 Å². The van der Waals surface area contributed by atoms with E-state index in [-0.39, 0.29) is 22.7 Å². The molecule has 1 heterocycles. The molecule has 0 fully saturated rings. The maximum atomic E-state index is 12.8. The number of aliphatic hydroxyl groups excluding tert-OH is 1. The van der Waals surface area contributed by atoms with Crippen molar-refractivity contribution in [1.29, 1.82) is 0 Å². The average molecular weight is 450 g/mol. The number of carbonyl (C=O) groups excluding carboxylic acids is 2. The maximum Gasteiger partial charge on any atom is 0.296 e. The number of hydrogen-bond acceptors (Lipinski definition) is 5. The van der Waals surface area contributed by atoms with Crippen LogP contribution in [0.25, 0.3) is 5.57 Å². The average Bonchev–Trinajstić information content (AvgIpc) is 2.91. The Hall–Kier alpha value is -2.70. The molecular weight excluding hydrogens is 429 g/mol. The van der Waals surface area contributed by atoms with Gasteiger partial charge >= 0.3 is 0 Å². The zero-order valence-electron chi connectivity index (χ0n) is 16.6. The summed E-state index contributed by atoms with van der Waals surface area (Å²) in [6.45, 7) is 4.85. The topological polar surface area (TPSA) is 76.1 Å². The normalized spacial score (nSPS) is 13.9. The van der Waals surface area contributed by atoms with Gasteiger partial charge in [-0.1, -0.05) is 35.3 Å². The highest BCUT2D eigenvalue weighted by molar-refractivity contribution is 6.40. The summed E-state index contributed by atoms with van der Waals surface area (Å²) in [6, 6.07) is 9.97. The zero-order valence-corrected chi connectivity index (χ0v) is 18.1. The summed E-state index contributed by atoms with van der Waals surface area (Å²) in [7, 11) is 0. The van der Waals surface area contributed by atoms with Gasteiger partial charge in [-0.25, -0.2) is 0 Å². The van der Waals surface area contributed by atoms with Crippen LogP contribution in [-0.4, -0.2) is 41.6 Å². The molecule has 30 heavy (non-hydrogen) atoms. The number of ether oxygens (including phenoxy) is 2. The van der Waals surface area contributed by atoms with Crippen molar-refractivity contribution < 1.29 is 24.2 Å². The van der Waals surface area contributed by atoms with Crippen molar-refractivity contribution in [3.8, 4) is 11.5 Å². The fraction of sp³-hybridized carbons (Fsp3) is 0.273. The summed E-state index contributed by atoms with van der Waals surface area (Å²) in [5.74, 6) is -0.735. The molecule has 1 aliphatic rings. The third-order valence-electron chi connectivity index (χ3n) is 4.58. The summed E-state index contributed by atoms with van der Waals surface area (Å²) in [6.07, 6.45) is 0.388. The van der Waals surface area contributed by atoms with E-state index in [9.17, 15) is 14.7 Å². The first-order valence-corrected chi connectivity index (χ1v) is 10.3. The predicted octanol–water partition coefficient (Wildman–Crippen LogP) is 4.67. The second-order valence-corrected chi connectivity index (χ2v) is 7.35. The van der Waals surface area contributed by atoms with E-state index in [0.717, 1.165) is 10.5 Å². The SMILES string of the molecule is CCOc1ccc(CCN2C(=O)C(O)=C(c3ccc(Cl)cc3Cl)C2=O)cc1OCC. The fourth-order valence-electron chi connectivity index (χ4n) is 3.19. The molecule has 0 bridgehead atoms. The molecule has 0 spiro atoms. The van der Waals surface area contributed by atoms with Crippen molar-refractivity contribution in [2.75, 3.05) is 19.8 Å². The fourth-order valence-corrected chi connectivity index (χ4v) is 3.70. The molecule has 2 aromatic rings. The lowest BCUT2D eigenvalue weighted by atomic mass is 10.1. The molecular formula is C22H21Cl2NO5. The number of benzene rings is 2. The lowest BCUT2D eigenvalue weighted by Gasteiger charge is -2.16. The number of amides is 2. The van der Waals surface area contributed by atoms with Gasteiger partial charge in [0.25, 0.3) is 11.8 Å². The quantitative estimate of drug-likeness (QED) is 0.592. The van der Waals surface area contributed by atoms with Gasteiger partial charge in [0, 0.05) is 17.1 Å². The van der Waals surface area contributed by atoms with Crippen molar-refractivity contribution in [2.45, 2.75) is 20.3 Å². The first kappa shape index (κ1) is 22.0. The van der Waals surface area contributed by atoms with Gasteiger partial charge in [-0.15, -0.1) is 0 Å². The van der Waals surface area contributed by atoms with Crippen LogP contribution in [0.2, 0.25) is 10.0 Å². The standard InChI is InChI=1S/C22H21Cl2NO5/c1-3-29-17-8-5-13(11-18(17)30-4-2)9-10-25-21(27)19(20(26)22(25)28)15-7-6-14(23)12-16(15)24/h5-8,11-12,26H,3-4,9-10H2,1-2H3. The molecule has 0 saturated carbocycles.